The van der Waals surface area contributed by atoms with Crippen LogP contribution in [0.2, 0.25) is 5.02 Å². The summed E-state index contributed by atoms with van der Waals surface area (Å²) in [7, 11) is 0. The standard InChI is InChI=1S/C17H19ClN4OS.ClH/c1-10-13-8-14(15(23)20-17(2,3)9-19)24-16(13)22(21-10)12-6-4-5-11(18)7-12;/h4-8H,9,19H2,1-3H3,(H,20,23);1H. The third-order valence-electron chi connectivity index (χ3n) is 3.78. The number of hydrogen-bond acceptors (Lipinski definition) is 4. The first-order chi connectivity index (χ1) is 11.3. The van der Waals surface area contributed by atoms with Gasteiger partial charge in [-0.3, -0.25) is 4.79 Å². The summed E-state index contributed by atoms with van der Waals surface area (Å²) >= 11 is 7.49. The van der Waals surface area contributed by atoms with Gasteiger partial charge in [0.15, 0.2) is 0 Å². The monoisotopic (exact) mass is 398 g/mol. The van der Waals surface area contributed by atoms with Crippen LogP contribution in [0.25, 0.3) is 15.9 Å². The molecule has 8 heteroatoms. The van der Waals surface area contributed by atoms with Crippen LogP contribution in [-0.4, -0.2) is 27.8 Å². The Hall–Kier alpha value is -1.60. The summed E-state index contributed by atoms with van der Waals surface area (Å²) in [6, 6.07) is 9.37. The van der Waals surface area contributed by atoms with Crippen molar-refractivity contribution in [3.63, 3.8) is 0 Å². The van der Waals surface area contributed by atoms with Crippen molar-refractivity contribution in [2.75, 3.05) is 6.54 Å². The largest absolute Gasteiger partial charge is 0.345 e. The molecule has 0 spiro atoms. The molecule has 3 aromatic rings. The molecule has 0 radical (unpaired) electrons. The zero-order valence-corrected chi connectivity index (χ0v) is 16.6. The second-order valence-electron chi connectivity index (χ2n) is 6.35. The van der Waals surface area contributed by atoms with Gasteiger partial charge < -0.3 is 11.1 Å². The van der Waals surface area contributed by atoms with E-state index in [1.807, 2.05) is 55.8 Å². The number of halogens is 2. The maximum Gasteiger partial charge on any atom is 0.261 e. The highest BCUT2D eigenvalue weighted by Crippen LogP contribution is 2.31. The molecule has 0 atom stereocenters. The molecule has 0 fully saturated rings. The van der Waals surface area contributed by atoms with E-state index in [4.69, 9.17) is 17.3 Å². The first-order valence-corrected chi connectivity index (χ1v) is 8.78. The fourth-order valence-corrected chi connectivity index (χ4v) is 3.62. The number of hydrogen-bond donors (Lipinski definition) is 2. The van der Waals surface area contributed by atoms with Gasteiger partial charge in [0.2, 0.25) is 0 Å². The Kier molecular flexibility index (Phi) is 5.79. The SMILES string of the molecule is Cc1nn(-c2cccc(Cl)c2)c2sc(C(=O)NC(C)(C)CN)cc12.Cl. The van der Waals surface area contributed by atoms with Crippen molar-refractivity contribution in [2.24, 2.45) is 5.73 Å². The Morgan fingerprint density at radius 2 is 2.12 bits per heavy atom. The van der Waals surface area contributed by atoms with Crippen LogP contribution < -0.4 is 11.1 Å². The van der Waals surface area contributed by atoms with E-state index in [1.165, 1.54) is 11.3 Å². The first-order valence-electron chi connectivity index (χ1n) is 7.58. The number of nitrogens with two attached hydrogens (primary N) is 1. The van der Waals surface area contributed by atoms with E-state index in [-0.39, 0.29) is 18.3 Å². The van der Waals surface area contributed by atoms with E-state index in [2.05, 4.69) is 10.4 Å². The van der Waals surface area contributed by atoms with Crippen LogP contribution in [0.5, 0.6) is 0 Å². The number of fused-ring (bicyclic) bond motifs is 1. The fraction of sp³-hybridized carbons (Fsp3) is 0.294. The predicted octanol–water partition coefficient (Wildman–Crippen LogP) is 3.94. The van der Waals surface area contributed by atoms with Gasteiger partial charge in [-0.2, -0.15) is 5.10 Å². The predicted molar refractivity (Wildman–Crippen MR) is 107 cm³/mol. The van der Waals surface area contributed by atoms with E-state index in [0.717, 1.165) is 21.6 Å². The van der Waals surface area contributed by atoms with Crippen LogP contribution in [0.15, 0.2) is 30.3 Å². The van der Waals surface area contributed by atoms with Crippen molar-refractivity contribution in [3.8, 4) is 5.69 Å². The molecule has 0 aliphatic heterocycles. The molecule has 0 saturated heterocycles. The highest BCUT2D eigenvalue weighted by atomic mass is 35.5. The molecule has 3 rings (SSSR count). The molecule has 0 bridgehead atoms. The van der Waals surface area contributed by atoms with E-state index in [1.54, 1.807) is 0 Å². The van der Waals surface area contributed by atoms with Gasteiger partial charge >= 0.3 is 0 Å². The summed E-state index contributed by atoms with van der Waals surface area (Å²) in [5.41, 5.74) is 6.99. The van der Waals surface area contributed by atoms with Crippen LogP contribution in [-0.2, 0) is 0 Å². The Morgan fingerprint density at radius 1 is 1.40 bits per heavy atom. The lowest BCUT2D eigenvalue weighted by Crippen LogP contribution is -2.48. The van der Waals surface area contributed by atoms with Gasteiger partial charge in [0.05, 0.1) is 16.3 Å². The maximum absolute atomic E-state index is 12.5. The highest BCUT2D eigenvalue weighted by molar-refractivity contribution is 7.20. The highest BCUT2D eigenvalue weighted by Gasteiger charge is 2.22. The molecule has 0 unspecified atom stereocenters. The minimum absolute atomic E-state index is 0. The topological polar surface area (TPSA) is 72.9 Å². The van der Waals surface area contributed by atoms with Crippen LogP contribution in [0.3, 0.4) is 0 Å². The van der Waals surface area contributed by atoms with E-state index >= 15 is 0 Å². The number of benzene rings is 1. The Balaban J connectivity index is 0.00000225. The van der Waals surface area contributed by atoms with Gasteiger partial charge in [0.25, 0.3) is 5.91 Å². The minimum Gasteiger partial charge on any atom is -0.345 e. The molecule has 25 heavy (non-hydrogen) atoms. The van der Waals surface area contributed by atoms with Crippen LogP contribution in [0.4, 0.5) is 0 Å². The Labute approximate surface area is 161 Å². The molecule has 5 nitrogen and oxygen atoms in total. The van der Waals surface area contributed by atoms with Gasteiger partial charge in [-0.15, -0.1) is 23.7 Å². The molecule has 1 amide bonds. The average molecular weight is 399 g/mol. The summed E-state index contributed by atoms with van der Waals surface area (Å²) in [4.78, 5) is 14.1. The lowest BCUT2D eigenvalue weighted by Gasteiger charge is -2.23. The smallest absolute Gasteiger partial charge is 0.261 e. The number of nitrogens with one attached hydrogen (secondary N) is 1. The maximum atomic E-state index is 12.5. The molecular formula is C17H20Cl2N4OS. The summed E-state index contributed by atoms with van der Waals surface area (Å²) in [6.07, 6.45) is 0. The molecule has 2 heterocycles. The number of carbonyl (C=O) groups is 1. The van der Waals surface area contributed by atoms with Crippen LogP contribution >= 0.6 is 35.3 Å². The summed E-state index contributed by atoms with van der Waals surface area (Å²) < 4.78 is 1.83. The number of aromatic nitrogens is 2. The number of rotatable bonds is 4. The Morgan fingerprint density at radius 3 is 2.76 bits per heavy atom. The van der Waals surface area contributed by atoms with Gasteiger partial charge in [-0.1, -0.05) is 17.7 Å². The molecule has 2 aromatic heterocycles. The number of aryl methyl sites for hydroxylation is 1. The average Bonchev–Trinajstić information content (AvgIpc) is 3.08. The summed E-state index contributed by atoms with van der Waals surface area (Å²) in [5.74, 6) is -0.122. The fourth-order valence-electron chi connectivity index (χ4n) is 2.36. The minimum atomic E-state index is -0.443. The quantitative estimate of drug-likeness (QED) is 0.698. The molecular weight excluding hydrogens is 379 g/mol. The van der Waals surface area contributed by atoms with Crippen LogP contribution in [0.1, 0.15) is 29.2 Å². The zero-order chi connectivity index (χ0) is 17.5. The molecule has 0 aliphatic rings. The van der Waals surface area contributed by atoms with Crippen molar-refractivity contribution in [2.45, 2.75) is 26.3 Å². The summed E-state index contributed by atoms with van der Waals surface area (Å²) in [6.45, 7) is 6.11. The second kappa shape index (κ2) is 7.33. The number of thiophene rings is 1. The lowest BCUT2D eigenvalue weighted by molar-refractivity contribution is 0.0920. The van der Waals surface area contributed by atoms with Crippen molar-refractivity contribution in [3.05, 3.63) is 45.9 Å². The second-order valence-corrected chi connectivity index (χ2v) is 7.82. The van der Waals surface area contributed by atoms with Crippen molar-refractivity contribution >= 4 is 51.5 Å². The lowest BCUT2D eigenvalue weighted by atomic mass is 10.1. The summed E-state index contributed by atoms with van der Waals surface area (Å²) in [5, 5.41) is 9.14. The molecule has 1 aromatic carbocycles. The van der Waals surface area contributed by atoms with E-state index < -0.39 is 5.54 Å². The molecule has 3 N–H and O–H groups in total. The normalized spacial score (nSPS) is 11.4. The first kappa shape index (κ1) is 19.7. The van der Waals surface area contributed by atoms with Gasteiger partial charge in [0.1, 0.15) is 4.83 Å². The number of nitrogens with zero attached hydrogens (tertiary/aromatic N) is 2. The molecule has 0 saturated carbocycles. The number of carbonyl (C=O) groups excluding carboxylic acids is 1. The van der Waals surface area contributed by atoms with Crippen molar-refractivity contribution < 1.29 is 4.79 Å². The zero-order valence-electron chi connectivity index (χ0n) is 14.2. The van der Waals surface area contributed by atoms with E-state index in [0.29, 0.717) is 16.4 Å². The van der Waals surface area contributed by atoms with Gasteiger partial charge in [0, 0.05) is 22.5 Å². The van der Waals surface area contributed by atoms with E-state index in [9.17, 15) is 4.79 Å². The van der Waals surface area contributed by atoms with Crippen molar-refractivity contribution in [1.29, 1.82) is 0 Å². The molecule has 134 valence electrons. The molecule has 0 aliphatic carbocycles. The van der Waals surface area contributed by atoms with Crippen LogP contribution in [0, 0.1) is 6.92 Å². The van der Waals surface area contributed by atoms with Gasteiger partial charge in [-0.25, -0.2) is 4.68 Å². The Bertz CT molecular complexity index is 917. The van der Waals surface area contributed by atoms with Crippen molar-refractivity contribution in [1.82, 2.24) is 15.1 Å². The third-order valence-corrected chi connectivity index (χ3v) is 5.13. The number of amides is 1. The third kappa shape index (κ3) is 3.98. The van der Waals surface area contributed by atoms with Gasteiger partial charge in [-0.05, 0) is 45.0 Å².